The molecule has 0 N–H and O–H groups in total. The van der Waals surface area contributed by atoms with Crippen LogP contribution in [-0.4, -0.2) is 26.2 Å². The van der Waals surface area contributed by atoms with Gasteiger partial charge in [-0.2, -0.15) is 0 Å². The van der Waals surface area contributed by atoms with E-state index in [1.165, 1.54) is 0 Å². The Kier molecular flexibility index (Phi) is 6.83. The number of hydrogen-bond acceptors (Lipinski definition) is 2. The largest absolute Gasteiger partial charge is 0.381 e. The van der Waals surface area contributed by atoms with Crippen molar-refractivity contribution in [2.75, 3.05) is 25.2 Å². The number of anilines is 1. The van der Waals surface area contributed by atoms with E-state index in [-0.39, 0.29) is 5.91 Å². The Morgan fingerprint density at radius 3 is 2.74 bits per heavy atom. The second-order valence-electron chi connectivity index (χ2n) is 4.77. The molecular formula is C14H19BrClNO2. The molecule has 5 heteroatoms. The van der Waals surface area contributed by atoms with Gasteiger partial charge in [0.2, 0.25) is 5.91 Å². The third-order valence-corrected chi connectivity index (χ3v) is 3.35. The number of benzene rings is 1. The summed E-state index contributed by atoms with van der Waals surface area (Å²) in [4.78, 5) is 13.6. The van der Waals surface area contributed by atoms with Crippen LogP contribution < -0.4 is 4.90 Å². The molecule has 0 saturated heterocycles. The van der Waals surface area contributed by atoms with Gasteiger partial charge in [-0.3, -0.25) is 4.79 Å². The van der Waals surface area contributed by atoms with Crippen LogP contribution in [0.25, 0.3) is 0 Å². The van der Waals surface area contributed by atoms with E-state index < -0.39 is 0 Å². The predicted molar refractivity (Wildman–Crippen MR) is 82.8 cm³/mol. The van der Waals surface area contributed by atoms with Crippen LogP contribution in [0.1, 0.15) is 20.3 Å². The molecule has 1 rings (SSSR count). The first kappa shape index (κ1) is 16.5. The molecule has 1 aromatic rings. The minimum Gasteiger partial charge on any atom is -0.381 e. The number of carbonyl (C=O) groups excluding carboxylic acids is 1. The van der Waals surface area contributed by atoms with Crippen LogP contribution in [0.3, 0.4) is 0 Å². The summed E-state index contributed by atoms with van der Waals surface area (Å²) in [6.45, 7) is 5.27. The molecule has 106 valence electrons. The van der Waals surface area contributed by atoms with E-state index >= 15 is 0 Å². The van der Waals surface area contributed by atoms with Crippen molar-refractivity contribution in [2.24, 2.45) is 5.92 Å². The molecule has 0 bridgehead atoms. The maximum Gasteiger partial charge on any atom is 0.229 e. The molecule has 0 unspecified atom stereocenters. The van der Waals surface area contributed by atoms with Crippen molar-refractivity contribution in [3.8, 4) is 0 Å². The van der Waals surface area contributed by atoms with Crippen LogP contribution in [0.5, 0.6) is 0 Å². The van der Waals surface area contributed by atoms with Crippen molar-refractivity contribution >= 4 is 39.1 Å². The van der Waals surface area contributed by atoms with Gasteiger partial charge in [0.05, 0.1) is 23.7 Å². The molecule has 0 aliphatic rings. The maximum absolute atomic E-state index is 12.0. The monoisotopic (exact) mass is 347 g/mol. The molecule has 0 radical (unpaired) electrons. The normalized spacial score (nSPS) is 10.8. The second kappa shape index (κ2) is 7.88. The smallest absolute Gasteiger partial charge is 0.229 e. The molecule has 1 amide bonds. The van der Waals surface area contributed by atoms with E-state index in [1.807, 2.05) is 12.1 Å². The Morgan fingerprint density at radius 2 is 2.16 bits per heavy atom. The number of hydrogen-bond donors (Lipinski definition) is 0. The number of rotatable bonds is 6. The van der Waals surface area contributed by atoms with Crippen molar-refractivity contribution in [3.63, 3.8) is 0 Å². The van der Waals surface area contributed by atoms with E-state index in [2.05, 4.69) is 29.8 Å². The van der Waals surface area contributed by atoms with Gasteiger partial charge in [-0.05, 0) is 24.1 Å². The van der Waals surface area contributed by atoms with Gasteiger partial charge in [-0.15, -0.1) is 0 Å². The SMILES string of the molecule is CC(C)COCCC(=O)N(C)c1ccc(Br)cc1Cl. The van der Waals surface area contributed by atoms with Crippen LogP contribution in [0.4, 0.5) is 5.69 Å². The molecular weight excluding hydrogens is 330 g/mol. The fourth-order valence-electron chi connectivity index (χ4n) is 1.53. The standard InChI is InChI=1S/C14H19BrClNO2/c1-10(2)9-19-7-6-14(18)17(3)13-5-4-11(15)8-12(13)16/h4-5,8,10H,6-7,9H2,1-3H3. The van der Waals surface area contributed by atoms with Crippen LogP contribution in [-0.2, 0) is 9.53 Å². The summed E-state index contributed by atoms with van der Waals surface area (Å²) in [5.41, 5.74) is 0.707. The van der Waals surface area contributed by atoms with Crippen LogP contribution in [0, 0.1) is 5.92 Å². The molecule has 0 atom stereocenters. The highest BCUT2D eigenvalue weighted by atomic mass is 79.9. The molecule has 0 aromatic heterocycles. The summed E-state index contributed by atoms with van der Waals surface area (Å²) in [5, 5.41) is 0.549. The van der Waals surface area contributed by atoms with E-state index in [0.717, 1.165) is 4.47 Å². The zero-order chi connectivity index (χ0) is 14.4. The van der Waals surface area contributed by atoms with Crippen LogP contribution >= 0.6 is 27.5 Å². The van der Waals surface area contributed by atoms with Crippen molar-refractivity contribution in [2.45, 2.75) is 20.3 Å². The minimum atomic E-state index is -0.00650. The lowest BCUT2D eigenvalue weighted by Crippen LogP contribution is -2.27. The topological polar surface area (TPSA) is 29.5 Å². The van der Waals surface area contributed by atoms with E-state index in [1.54, 1.807) is 18.0 Å². The number of carbonyl (C=O) groups is 1. The third kappa shape index (κ3) is 5.51. The van der Waals surface area contributed by atoms with Gasteiger partial charge in [0.1, 0.15) is 0 Å². The molecule has 3 nitrogen and oxygen atoms in total. The average Bonchev–Trinajstić information content (AvgIpc) is 2.33. The third-order valence-electron chi connectivity index (χ3n) is 2.56. The maximum atomic E-state index is 12.0. The average molecular weight is 349 g/mol. The zero-order valence-electron chi connectivity index (χ0n) is 11.5. The Bertz CT molecular complexity index is 437. The van der Waals surface area contributed by atoms with E-state index in [4.69, 9.17) is 16.3 Å². The molecule has 0 aliphatic carbocycles. The highest BCUT2D eigenvalue weighted by Crippen LogP contribution is 2.28. The van der Waals surface area contributed by atoms with Crippen molar-refractivity contribution < 1.29 is 9.53 Å². The Labute approximate surface area is 128 Å². The van der Waals surface area contributed by atoms with E-state index in [9.17, 15) is 4.79 Å². The molecule has 19 heavy (non-hydrogen) atoms. The van der Waals surface area contributed by atoms with Gasteiger partial charge in [-0.1, -0.05) is 41.4 Å². The van der Waals surface area contributed by atoms with Gasteiger partial charge < -0.3 is 9.64 Å². The number of halogens is 2. The fraction of sp³-hybridized carbons (Fsp3) is 0.500. The quantitative estimate of drug-likeness (QED) is 0.724. The summed E-state index contributed by atoms with van der Waals surface area (Å²) in [5.74, 6) is 0.474. The minimum absolute atomic E-state index is 0.00650. The summed E-state index contributed by atoms with van der Waals surface area (Å²) in [7, 11) is 1.72. The molecule has 0 spiro atoms. The lowest BCUT2D eigenvalue weighted by molar-refractivity contribution is -0.119. The van der Waals surface area contributed by atoms with Gasteiger partial charge in [0.15, 0.2) is 0 Å². The number of amides is 1. The van der Waals surface area contributed by atoms with Crippen LogP contribution in [0.2, 0.25) is 5.02 Å². The van der Waals surface area contributed by atoms with Crippen molar-refractivity contribution in [1.82, 2.24) is 0 Å². The van der Waals surface area contributed by atoms with Crippen LogP contribution in [0.15, 0.2) is 22.7 Å². The summed E-state index contributed by atoms with van der Waals surface area (Å²) in [6, 6.07) is 5.45. The Balaban J connectivity index is 2.52. The number of nitrogens with zero attached hydrogens (tertiary/aromatic N) is 1. The molecule has 0 aliphatic heterocycles. The summed E-state index contributed by atoms with van der Waals surface area (Å²) in [6.07, 6.45) is 0.357. The Hall–Kier alpha value is -0.580. The zero-order valence-corrected chi connectivity index (χ0v) is 13.8. The fourth-order valence-corrected chi connectivity index (χ4v) is 2.33. The second-order valence-corrected chi connectivity index (χ2v) is 6.09. The van der Waals surface area contributed by atoms with Gasteiger partial charge >= 0.3 is 0 Å². The highest BCUT2D eigenvalue weighted by molar-refractivity contribution is 9.10. The van der Waals surface area contributed by atoms with Gasteiger partial charge in [0, 0.05) is 18.1 Å². The summed E-state index contributed by atoms with van der Waals surface area (Å²) < 4.78 is 6.30. The Morgan fingerprint density at radius 1 is 1.47 bits per heavy atom. The molecule has 1 aromatic carbocycles. The predicted octanol–water partition coefficient (Wildman–Crippen LogP) is 4.13. The lowest BCUT2D eigenvalue weighted by atomic mass is 10.2. The summed E-state index contributed by atoms with van der Waals surface area (Å²) >= 11 is 9.46. The highest BCUT2D eigenvalue weighted by Gasteiger charge is 2.13. The van der Waals surface area contributed by atoms with Gasteiger partial charge in [0.25, 0.3) is 0 Å². The van der Waals surface area contributed by atoms with Gasteiger partial charge in [-0.25, -0.2) is 0 Å². The lowest BCUT2D eigenvalue weighted by Gasteiger charge is -2.19. The molecule has 0 heterocycles. The first-order chi connectivity index (χ1) is 8.91. The molecule has 0 fully saturated rings. The van der Waals surface area contributed by atoms with Crippen molar-refractivity contribution in [1.29, 1.82) is 0 Å². The number of ether oxygens (including phenoxy) is 1. The first-order valence-corrected chi connectivity index (χ1v) is 7.38. The van der Waals surface area contributed by atoms with Crippen molar-refractivity contribution in [3.05, 3.63) is 27.7 Å². The first-order valence-electron chi connectivity index (χ1n) is 6.21. The molecule has 0 saturated carbocycles. The van der Waals surface area contributed by atoms with E-state index in [0.29, 0.717) is 36.3 Å².